The summed E-state index contributed by atoms with van der Waals surface area (Å²) >= 11 is 0. The lowest BCUT2D eigenvalue weighted by Crippen LogP contribution is -2.51. The number of aliphatic carboxylic acids is 1. The predicted molar refractivity (Wildman–Crippen MR) is 75.6 cm³/mol. The number of carbonyl (C=O) groups is 2. The molecule has 0 bridgehead atoms. The molecule has 0 aliphatic heterocycles. The third-order valence-electron chi connectivity index (χ3n) is 3.22. The standard InChI is InChI=1S/C15H20FNO4/c1-3-15(2,14(19)20)17-13(18)5-4-10-21-12-8-6-11(16)7-9-12/h6-9H,3-5,10H2,1-2H3,(H,17,18)(H,19,20). The van der Waals surface area contributed by atoms with E-state index in [1.165, 1.54) is 31.2 Å². The number of amides is 1. The zero-order chi connectivity index (χ0) is 15.9. The third-order valence-corrected chi connectivity index (χ3v) is 3.22. The van der Waals surface area contributed by atoms with E-state index in [1.807, 2.05) is 0 Å². The van der Waals surface area contributed by atoms with Crippen molar-refractivity contribution in [2.75, 3.05) is 6.61 Å². The Bertz CT molecular complexity index is 489. The average molecular weight is 297 g/mol. The molecule has 1 aromatic carbocycles. The van der Waals surface area contributed by atoms with Crippen LogP contribution in [0.4, 0.5) is 4.39 Å². The molecule has 0 aromatic heterocycles. The molecular formula is C15H20FNO4. The molecule has 21 heavy (non-hydrogen) atoms. The highest BCUT2D eigenvalue weighted by atomic mass is 19.1. The molecule has 0 radical (unpaired) electrons. The van der Waals surface area contributed by atoms with Crippen molar-refractivity contribution in [2.45, 2.75) is 38.6 Å². The summed E-state index contributed by atoms with van der Waals surface area (Å²) in [4.78, 5) is 22.8. The van der Waals surface area contributed by atoms with Crippen molar-refractivity contribution in [3.05, 3.63) is 30.1 Å². The van der Waals surface area contributed by atoms with Crippen molar-refractivity contribution in [1.29, 1.82) is 0 Å². The molecule has 0 saturated carbocycles. The number of benzene rings is 1. The van der Waals surface area contributed by atoms with Crippen molar-refractivity contribution < 1.29 is 23.8 Å². The molecule has 5 nitrogen and oxygen atoms in total. The zero-order valence-electron chi connectivity index (χ0n) is 12.2. The van der Waals surface area contributed by atoms with Gasteiger partial charge in [0.15, 0.2) is 0 Å². The van der Waals surface area contributed by atoms with E-state index < -0.39 is 11.5 Å². The first-order valence-corrected chi connectivity index (χ1v) is 6.80. The van der Waals surface area contributed by atoms with Crippen LogP contribution in [-0.2, 0) is 9.59 Å². The summed E-state index contributed by atoms with van der Waals surface area (Å²) in [6.45, 7) is 3.48. The summed E-state index contributed by atoms with van der Waals surface area (Å²) < 4.78 is 18.0. The Kier molecular flexibility index (Phi) is 6.14. The van der Waals surface area contributed by atoms with E-state index in [-0.39, 0.29) is 18.1 Å². The van der Waals surface area contributed by atoms with Crippen LogP contribution in [0.2, 0.25) is 0 Å². The van der Waals surface area contributed by atoms with Gasteiger partial charge in [0.05, 0.1) is 6.61 Å². The minimum absolute atomic E-state index is 0.171. The van der Waals surface area contributed by atoms with Gasteiger partial charge in [-0.3, -0.25) is 4.79 Å². The molecular weight excluding hydrogens is 277 g/mol. The van der Waals surface area contributed by atoms with Gasteiger partial charge in [0, 0.05) is 6.42 Å². The van der Waals surface area contributed by atoms with Gasteiger partial charge in [0.2, 0.25) is 5.91 Å². The Morgan fingerprint density at radius 3 is 2.48 bits per heavy atom. The van der Waals surface area contributed by atoms with Crippen LogP contribution in [0.3, 0.4) is 0 Å². The van der Waals surface area contributed by atoms with Crippen molar-refractivity contribution in [3.63, 3.8) is 0 Å². The third kappa shape index (κ3) is 5.41. The van der Waals surface area contributed by atoms with Crippen LogP contribution in [0, 0.1) is 5.82 Å². The highest BCUT2D eigenvalue weighted by molar-refractivity contribution is 5.86. The fourth-order valence-corrected chi connectivity index (χ4v) is 1.62. The second-order valence-corrected chi connectivity index (χ2v) is 4.94. The number of rotatable bonds is 8. The normalized spacial score (nSPS) is 13.3. The minimum Gasteiger partial charge on any atom is -0.494 e. The monoisotopic (exact) mass is 297 g/mol. The molecule has 1 unspecified atom stereocenters. The van der Waals surface area contributed by atoms with Gasteiger partial charge in [-0.15, -0.1) is 0 Å². The molecule has 2 N–H and O–H groups in total. The molecule has 1 rings (SSSR count). The molecule has 0 spiro atoms. The Morgan fingerprint density at radius 1 is 1.33 bits per heavy atom. The Hall–Kier alpha value is -2.11. The highest BCUT2D eigenvalue weighted by Gasteiger charge is 2.32. The van der Waals surface area contributed by atoms with Gasteiger partial charge < -0.3 is 15.2 Å². The zero-order valence-corrected chi connectivity index (χ0v) is 12.2. The molecule has 6 heteroatoms. The number of nitrogens with one attached hydrogen (secondary N) is 1. The first-order chi connectivity index (χ1) is 9.87. The lowest BCUT2D eigenvalue weighted by molar-refractivity contribution is -0.147. The van der Waals surface area contributed by atoms with E-state index in [9.17, 15) is 14.0 Å². The quantitative estimate of drug-likeness (QED) is 0.722. The second-order valence-electron chi connectivity index (χ2n) is 4.94. The highest BCUT2D eigenvalue weighted by Crippen LogP contribution is 2.12. The largest absolute Gasteiger partial charge is 0.494 e. The first-order valence-electron chi connectivity index (χ1n) is 6.80. The van der Waals surface area contributed by atoms with Crippen molar-refractivity contribution in [3.8, 4) is 5.75 Å². The van der Waals surface area contributed by atoms with Gasteiger partial charge >= 0.3 is 5.97 Å². The van der Waals surface area contributed by atoms with Gasteiger partial charge in [-0.05, 0) is 44.0 Å². The smallest absolute Gasteiger partial charge is 0.329 e. The topological polar surface area (TPSA) is 75.6 Å². The molecule has 0 saturated heterocycles. The van der Waals surface area contributed by atoms with Crippen LogP contribution in [0.5, 0.6) is 5.75 Å². The number of hydrogen-bond donors (Lipinski definition) is 2. The fourth-order valence-electron chi connectivity index (χ4n) is 1.62. The Morgan fingerprint density at radius 2 is 1.95 bits per heavy atom. The van der Waals surface area contributed by atoms with Crippen LogP contribution in [0.25, 0.3) is 0 Å². The van der Waals surface area contributed by atoms with Gasteiger partial charge in [0.1, 0.15) is 17.1 Å². The summed E-state index contributed by atoms with van der Waals surface area (Å²) in [5.74, 6) is -1.19. The summed E-state index contributed by atoms with van der Waals surface area (Å²) in [6.07, 6.45) is 0.923. The average Bonchev–Trinajstić information content (AvgIpc) is 2.45. The van der Waals surface area contributed by atoms with Gasteiger partial charge in [0.25, 0.3) is 0 Å². The van der Waals surface area contributed by atoms with Gasteiger partial charge in [-0.1, -0.05) is 6.92 Å². The van der Waals surface area contributed by atoms with Gasteiger partial charge in [-0.2, -0.15) is 0 Å². The van der Waals surface area contributed by atoms with Crippen LogP contribution in [0.15, 0.2) is 24.3 Å². The molecule has 1 atom stereocenters. The molecule has 0 heterocycles. The van der Waals surface area contributed by atoms with E-state index >= 15 is 0 Å². The number of carboxylic acid groups (broad SMARTS) is 1. The molecule has 0 aliphatic rings. The lowest BCUT2D eigenvalue weighted by atomic mass is 9.99. The van der Waals surface area contributed by atoms with Crippen molar-refractivity contribution in [1.82, 2.24) is 5.32 Å². The number of ether oxygens (including phenoxy) is 1. The minimum atomic E-state index is -1.24. The number of carboxylic acids is 1. The predicted octanol–water partition coefficient (Wildman–Crippen LogP) is 2.35. The molecule has 116 valence electrons. The van der Waals surface area contributed by atoms with E-state index in [1.54, 1.807) is 6.92 Å². The van der Waals surface area contributed by atoms with E-state index in [2.05, 4.69) is 5.32 Å². The van der Waals surface area contributed by atoms with Crippen molar-refractivity contribution in [2.24, 2.45) is 0 Å². The second kappa shape index (κ2) is 7.61. The van der Waals surface area contributed by atoms with Crippen LogP contribution >= 0.6 is 0 Å². The number of carbonyl (C=O) groups excluding carboxylic acids is 1. The van der Waals surface area contributed by atoms with E-state index in [0.29, 0.717) is 25.2 Å². The molecule has 1 amide bonds. The molecule has 0 fully saturated rings. The number of halogens is 1. The van der Waals surface area contributed by atoms with Crippen molar-refractivity contribution >= 4 is 11.9 Å². The summed E-state index contributed by atoms with van der Waals surface area (Å²) in [7, 11) is 0. The molecule has 1 aromatic rings. The SMILES string of the molecule is CCC(C)(NC(=O)CCCOc1ccc(F)cc1)C(=O)O. The summed E-state index contributed by atoms with van der Waals surface area (Å²) in [5.41, 5.74) is -1.24. The van der Waals surface area contributed by atoms with E-state index in [4.69, 9.17) is 9.84 Å². The Labute approximate surface area is 123 Å². The maximum Gasteiger partial charge on any atom is 0.329 e. The summed E-state index contributed by atoms with van der Waals surface area (Å²) in [6, 6.07) is 5.60. The maximum absolute atomic E-state index is 12.7. The summed E-state index contributed by atoms with van der Waals surface area (Å²) in [5, 5.41) is 11.6. The maximum atomic E-state index is 12.7. The van der Waals surface area contributed by atoms with Crippen LogP contribution in [0.1, 0.15) is 33.1 Å². The fraction of sp³-hybridized carbons (Fsp3) is 0.467. The Balaban J connectivity index is 2.30. The lowest BCUT2D eigenvalue weighted by Gasteiger charge is -2.24. The molecule has 0 aliphatic carbocycles. The van der Waals surface area contributed by atoms with Crippen LogP contribution in [-0.4, -0.2) is 29.1 Å². The first kappa shape index (κ1) is 16.9. The number of hydrogen-bond acceptors (Lipinski definition) is 3. The van der Waals surface area contributed by atoms with E-state index in [0.717, 1.165) is 0 Å². The van der Waals surface area contributed by atoms with Gasteiger partial charge in [-0.25, -0.2) is 9.18 Å². The van der Waals surface area contributed by atoms with Crippen LogP contribution < -0.4 is 10.1 Å².